The zero-order valence-electron chi connectivity index (χ0n) is 16.8. The summed E-state index contributed by atoms with van der Waals surface area (Å²) in [6, 6.07) is 15.2. The number of hydrogen-bond donors (Lipinski definition) is 1. The van der Waals surface area contributed by atoms with E-state index in [1.165, 1.54) is 23.3 Å². The molecule has 2 aromatic rings. The summed E-state index contributed by atoms with van der Waals surface area (Å²) >= 11 is 0. The van der Waals surface area contributed by atoms with Gasteiger partial charge in [-0.15, -0.1) is 0 Å². The van der Waals surface area contributed by atoms with Gasteiger partial charge < -0.3 is 20.4 Å². The molecule has 1 fully saturated rings. The van der Waals surface area contributed by atoms with Crippen LogP contribution < -0.4 is 10.6 Å². The molecule has 0 bridgehead atoms. The van der Waals surface area contributed by atoms with Gasteiger partial charge in [0.05, 0.1) is 6.54 Å². The van der Waals surface area contributed by atoms with Crippen molar-refractivity contribution < 1.29 is 4.39 Å². The summed E-state index contributed by atoms with van der Waals surface area (Å²) < 4.78 is 13.1. The molecule has 1 heterocycles. The maximum Gasteiger partial charge on any atom is 0.191 e. The van der Waals surface area contributed by atoms with E-state index in [2.05, 4.69) is 57.9 Å². The Morgan fingerprint density at radius 1 is 1.07 bits per heavy atom. The molecular formula is C22H30FN5. The third-order valence-corrected chi connectivity index (χ3v) is 5.20. The Labute approximate surface area is 167 Å². The number of piperazine rings is 1. The smallest absolute Gasteiger partial charge is 0.191 e. The van der Waals surface area contributed by atoms with Crippen molar-refractivity contribution in [3.05, 3.63) is 65.5 Å². The molecule has 0 unspecified atom stereocenters. The minimum atomic E-state index is -0.204. The van der Waals surface area contributed by atoms with E-state index in [9.17, 15) is 4.39 Å². The molecule has 0 aromatic heterocycles. The van der Waals surface area contributed by atoms with Gasteiger partial charge in [-0.25, -0.2) is 9.38 Å². The van der Waals surface area contributed by atoms with Crippen molar-refractivity contribution in [3.8, 4) is 0 Å². The van der Waals surface area contributed by atoms with Crippen molar-refractivity contribution in [2.75, 3.05) is 44.7 Å². The minimum Gasteiger partial charge on any atom is -0.370 e. The van der Waals surface area contributed by atoms with E-state index < -0.39 is 0 Å². The number of hydrogen-bond acceptors (Lipinski definition) is 3. The summed E-state index contributed by atoms with van der Waals surface area (Å²) in [6.07, 6.45) is 0. The van der Waals surface area contributed by atoms with E-state index in [4.69, 9.17) is 5.73 Å². The molecule has 5 nitrogen and oxygen atoms in total. The fraction of sp³-hybridized carbons (Fsp3) is 0.409. The lowest BCUT2D eigenvalue weighted by Crippen LogP contribution is -2.51. The third-order valence-electron chi connectivity index (χ3n) is 5.20. The molecule has 28 heavy (non-hydrogen) atoms. The van der Waals surface area contributed by atoms with Crippen LogP contribution in [0.5, 0.6) is 0 Å². The fourth-order valence-corrected chi connectivity index (χ4v) is 3.37. The number of rotatable bonds is 6. The van der Waals surface area contributed by atoms with Gasteiger partial charge in [0, 0.05) is 38.4 Å². The fourth-order valence-electron chi connectivity index (χ4n) is 3.37. The van der Waals surface area contributed by atoms with E-state index in [0.717, 1.165) is 45.0 Å². The van der Waals surface area contributed by atoms with Gasteiger partial charge in [-0.1, -0.05) is 31.2 Å². The third kappa shape index (κ3) is 5.45. The maximum atomic E-state index is 13.1. The highest BCUT2D eigenvalue weighted by Crippen LogP contribution is 2.17. The Bertz CT molecular complexity index is 782. The summed E-state index contributed by atoms with van der Waals surface area (Å²) in [7, 11) is 2.12. The number of nitrogens with two attached hydrogens (primary N) is 1. The second-order valence-electron chi connectivity index (χ2n) is 7.28. The Hall–Kier alpha value is -2.60. The van der Waals surface area contributed by atoms with E-state index in [0.29, 0.717) is 12.5 Å². The second kappa shape index (κ2) is 9.55. The van der Waals surface area contributed by atoms with Crippen LogP contribution in [0.1, 0.15) is 18.1 Å². The van der Waals surface area contributed by atoms with Crippen LogP contribution >= 0.6 is 0 Å². The quantitative estimate of drug-likeness (QED) is 0.616. The molecule has 0 aliphatic carbocycles. The standard InChI is InChI=1S/C22H30FN5/c1-3-26(2)17-19-6-4-5-18(15-19)16-25-22(24)28-13-11-27(12-14-28)21-9-7-20(23)8-10-21/h4-10,15H,3,11-14,16-17H2,1-2H3,(H2,24,25). The van der Waals surface area contributed by atoms with Crippen molar-refractivity contribution >= 4 is 11.6 Å². The Morgan fingerprint density at radius 2 is 1.75 bits per heavy atom. The zero-order valence-corrected chi connectivity index (χ0v) is 16.8. The summed E-state index contributed by atoms with van der Waals surface area (Å²) in [6.45, 7) is 8.04. The molecule has 2 N–H and O–H groups in total. The molecule has 0 radical (unpaired) electrons. The molecule has 1 aliphatic heterocycles. The maximum absolute atomic E-state index is 13.1. The van der Waals surface area contributed by atoms with Crippen LogP contribution in [0.15, 0.2) is 53.5 Å². The van der Waals surface area contributed by atoms with Gasteiger partial charge in [-0.2, -0.15) is 0 Å². The number of nitrogens with zero attached hydrogens (tertiary/aromatic N) is 4. The highest BCUT2D eigenvalue weighted by Gasteiger charge is 2.18. The summed E-state index contributed by atoms with van der Waals surface area (Å²) in [4.78, 5) is 11.2. The molecule has 2 aromatic carbocycles. The molecule has 150 valence electrons. The zero-order chi connectivity index (χ0) is 19.9. The summed E-state index contributed by atoms with van der Waals surface area (Å²) in [5.74, 6) is 0.388. The first kappa shape index (κ1) is 20.1. The average molecular weight is 384 g/mol. The van der Waals surface area contributed by atoms with Gasteiger partial charge in [0.1, 0.15) is 5.82 Å². The Morgan fingerprint density at radius 3 is 2.43 bits per heavy atom. The van der Waals surface area contributed by atoms with E-state index >= 15 is 0 Å². The highest BCUT2D eigenvalue weighted by atomic mass is 19.1. The first-order valence-electron chi connectivity index (χ1n) is 9.87. The topological polar surface area (TPSA) is 48.1 Å². The Balaban J connectivity index is 1.53. The van der Waals surface area contributed by atoms with Gasteiger partial charge in [0.25, 0.3) is 0 Å². The van der Waals surface area contributed by atoms with Crippen molar-refractivity contribution in [2.45, 2.75) is 20.0 Å². The minimum absolute atomic E-state index is 0.204. The molecule has 6 heteroatoms. The van der Waals surface area contributed by atoms with E-state index in [1.54, 1.807) is 0 Å². The number of halogens is 1. The van der Waals surface area contributed by atoms with E-state index in [-0.39, 0.29) is 5.82 Å². The SMILES string of the molecule is CCN(C)Cc1cccc(CN=C(N)N2CCN(c3ccc(F)cc3)CC2)c1. The number of benzene rings is 2. The van der Waals surface area contributed by atoms with Crippen LogP contribution in [0.3, 0.4) is 0 Å². The first-order valence-corrected chi connectivity index (χ1v) is 9.87. The normalized spacial score (nSPS) is 15.4. The largest absolute Gasteiger partial charge is 0.370 e. The molecule has 1 saturated heterocycles. The summed E-state index contributed by atoms with van der Waals surface area (Å²) in [5.41, 5.74) is 9.76. The van der Waals surface area contributed by atoms with Crippen molar-refractivity contribution in [2.24, 2.45) is 10.7 Å². The molecule has 0 saturated carbocycles. The van der Waals surface area contributed by atoms with Crippen LogP contribution in [-0.2, 0) is 13.1 Å². The lowest BCUT2D eigenvalue weighted by Gasteiger charge is -2.36. The highest BCUT2D eigenvalue weighted by molar-refractivity contribution is 5.78. The lowest BCUT2D eigenvalue weighted by atomic mass is 10.1. The van der Waals surface area contributed by atoms with Crippen LogP contribution in [-0.4, -0.2) is 55.5 Å². The van der Waals surface area contributed by atoms with Crippen molar-refractivity contribution in [1.82, 2.24) is 9.80 Å². The van der Waals surface area contributed by atoms with Gasteiger partial charge in [-0.3, -0.25) is 0 Å². The van der Waals surface area contributed by atoms with Crippen molar-refractivity contribution in [3.63, 3.8) is 0 Å². The summed E-state index contributed by atoms with van der Waals surface area (Å²) in [5, 5.41) is 0. The second-order valence-corrected chi connectivity index (χ2v) is 7.28. The molecular weight excluding hydrogens is 353 g/mol. The van der Waals surface area contributed by atoms with Gasteiger partial charge >= 0.3 is 0 Å². The molecule has 0 atom stereocenters. The monoisotopic (exact) mass is 383 g/mol. The number of anilines is 1. The molecule has 0 spiro atoms. The van der Waals surface area contributed by atoms with Gasteiger partial charge in [0.15, 0.2) is 5.96 Å². The van der Waals surface area contributed by atoms with Crippen LogP contribution in [0.2, 0.25) is 0 Å². The predicted molar refractivity (Wildman–Crippen MR) is 114 cm³/mol. The first-order chi connectivity index (χ1) is 13.5. The van der Waals surface area contributed by atoms with Crippen LogP contribution in [0, 0.1) is 5.82 Å². The molecule has 0 amide bonds. The van der Waals surface area contributed by atoms with Crippen LogP contribution in [0.25, 0.3) is 0 Å². The van der Waals surface area contributed by atoms with Crippen molar-refractivity contribution in [1.29, 1.82) is 0 Å². The number of guanidine groups is 1. The van der Waals surface area contributed by atoms with Crippen LogP contribution in [0.4, 0.5) is 10.1 Å². The van der Waals surface area contributed by atoms with E-state index in [1.807, 2.05) is 12.1 Å². The lowest BCUT2D eigenvalue weighted by molar-refractivity contribution is 0.345. The number of aliphatic imine (C=N–C) groups is 1. The average Bonchev–Trinajstić information content (AvgIpc) is 2.73. The predicted octanol–water partition coefficient (Wildman–Crippen LogP) is 2.91. The molecule has 1 aliphatic rings. The van der Waals surface area contributed by atoms with Gasteiger partial charge in [0.2, 0.25) is 0 Å². The molecule has 3 rings (SSSR count). The Kier molecular flexibility index (Phi) is 6.87. The van der Waals surface area contributed by atoms with Gasteiger partial charge in [-0.05, 0) is 49.0 Å².